The van der Waals surface area contributed by atoms with Crippen molar-refractivity contribution in [2.75, 3.05) is 27.9 Å². The lowest BCUT2D eigenvalue weighted by Crippen LogP contribution is -2.32. The van der Waals surface area contributed by atoms with Crippen LogP contribution in [-0.4, -0.2) is 38.8 Å². The number of hydrogen-bond acceptors (Lipinski definition) is 4. The minimum atomic E-state index is -0.268. The van der Waals surface area contributed by atoms with Gasteiger partial charge in [0, 0.05) is 34.6 Å². The highest BCUT2D eigenvalue weighted by molar-refractivity contribution is 5.96. The number of rotatable bonds is 7. The fourth-order valence-electron chi connectivity index (χ4n) is 3.79. The van der Waals surface area contributed by atoms with Gasteiger partial charge >= 0.3 is 0 Å². The van der Waals surface area contributed by atoms with Crippen molar-refractivity contribution in [3.05, 3.63) is 53.5 Å². The molecule has 29 heavy (non-hydrogen) atoms. The lowest BCUT2D eigenvalue weighted by atomic mass is 9.95. The largest absolute Gasteiger partial charge is 0.493 e. The van der Waals surface area contributed by atoms with E-state index < -0.39 is 0 Å². The number of aromatic amines is 1. The van der Waals surface area contributed by atoms with Crippen LogP contribution in [0.1, 0.15) is 28.8 Å². The summed E-state index contributed by atoms with van der Waals surface area (Å²) in [7, 11) is 4.53. The van der Waals surface area contributed by atoms with E-state index in [-0.39, 0.29) is 17.1 Å². The molecule has 0 saturated heterocycles. The fraction of sp³-hybridized carbons (Fsp3) is 0.318. The number of carbonyl (C=O) groups excluding carboxylic acids is 1. The number of fused-ring (bicyclic) bond motifs is 1. The second-order valence-electron chi connectivity index (χ2n) is 7.27. The van der Waals surface area contributed by atoms with E-state index in [1.807, 2.05) is 6.20 Å². The average molecular weight is 398 g/mol. The summed E-state index contributed by atoms with van der Waals surface area (Å²) >= 11 is 0. The third-order valence-corrected chi connectivity index (χ3v) is 5.58. The Morgan fingerprint density at radius 3 is 2.38 bits per heavy atom. The lowest BCUT2D eigenvalue weighted by Gasteiger charge is -2.17. The maximum Gasteiger partial charge on any atom is 0.251 e. The van der Waals surface area contributed by atoms with Crippen LogP contribution in [0.25, 0.3) is 10.9 Å². The molecule has 4 rings (SSSR count). The van der Waals surface area contributed by atoms with Crippen molar-refractivity contribution >= 4 is 16.8 Å². The Morgan fingerprint density at radius 1 is 1.10 bits per heavy atom. The quantitative estimate of drug-likeness (QED) is 0.635. The Hall–Kier alpha value is -3.22. The van der Waals surface area contributed by atoms with Gasteiger partial charge in [-0.25, -0.2) is 4.39 Å². The van der Waals surface area contributed by atoms with Crippen LogP contribution in [-0.2, 0) is 5.41 Å². The second-order valence-corrected chi connectivity index (χ2v) is 7.27. The fourth-order valence-corrected chi connectivity index (χ4v) is 3.79. The van der Waals surface area contributed by atoms with Crippen molar-refractivity contribution in [3.63, 3.8) is 0 Å². The van der Waals surface area contributed by atoms with Gasteiger partial charge in [0.15, 0.2) is 11.5 Å². The first-order chi connectivity index (χ1) is 14.0. The molecule has 1 amide bonds. The van der Waals surface area contributed by atoms with Crippen LogP contribution in [0.5, 0.6) is 17.2 Å². The molecular weight excluding hydrogens is 375 g/mol. The van der Waals surface area contributed by atoms with Gasteiger partial charge in [-0.3, -0.25) is 4.79 Å². The van der Waals surface area contributed by atoms with E-state index in [0.29, 0.717) is 29.4 Å². The van der Waals surface area contributed by atoms with Gasteiger partial charge in [0.05, 0.1) is 21.3 Å². The van der Waals surface area contributed by atoms with E-state index >= 15 is 0 Å². The highest BCUT2D eigenvalue weighted by atomic mass is 19.1. The number of ether oxygens (including phenoxy) is 3. The Morgan fingerprint density at radius 2 is 1.79 bits per heavy atom. The molecule has 1 aliphatic rings. The maximum atomic E-state index is 13.7. The van der Waals surface area contributed by atoms with Crippen molar-refractivity contribution in [1.82, 2.24) is 10.3 Å². The number of aromatic nitrogens is 1. The van der Waals surface area contributed by atoms with Gasteiger partial charge in [-0.15, -0.1) is 0 Å². The summed E-state index contributed by atoms with van der Waals surface area (Å²) < 4.78 is 29.7. The standard InChI is InChI=1S/C22H23FN2O4/c1-27-18-8-13(9-19(28-2)20(18)29-3)21(26)25-12-22(6-7-22)16-11-24-17-5-4-14(23)10-15(16)17/h4-5,8-11,24H,6-7,12H2,1-3H3,(H,25,26). The Bertz CT molecular complexity index is 1050. The van der Waals surface area contributed by atoms with Crippen LogP contribution in [0, 0.1) is 5.82 Å². The van der Waals surface area contributed by atoms with Gasteiger partial charge in [0.2, 0.25) is 5.75 Å². The zero-order chi connectivity index (χ0) is 20.6. The molecule has 0 atom stereocenters. The van der Waals surface area contributed by atoms with E-state index in [4.69, 9.17) is 14.2 Å². The zero-order valence-corrected chi connectivity index (χ0v) is 16.6. The van der Waals surface area contributed by atoms with Crippen molar-refractivity contribution in [2.45, 2.75) is 18.3 Å². The molecule has 0 spiro atoms. The highest BCUT2D eigenvalue weighted by Gasteiger charge is 2.46. The minimum absolute atomic E-state index is 0.178. The zero-order valence-electron chi connectivity index (χ0n) is 16.6. The number of hydrogen-bond donors (Lipinski definition) is 2. The molecule has 1 saturated carbocycles. The first-order valence-electron chi connectivity index (χ1n) is 9.36. The van der Waals surface area contributed by atoms with E-state index in [0.717, 1.165) is 29.3 Å². The number of H-pyrrole nitrogens is 1. The smallest absolute Gasteiger partial charge is 0.251 e. The number of benzene rings is 2. The molecule has 1 aliphatic carbocycles. The molecule has 0 bridgehead atoms. The van der Waals surface area contributed by atoms with Crippen LogP contribution in [0.3, 0.4) is 0 Å². The van der Waals surface area contributed by atoms with Gasteiger partial charge in [0.25, 0.3) is 5.91 Å². The van der Waals surface area contributed by atoms with E-state index in [2.05, 4.69) is 10.3 Å². The summed E-state index contributed by atoms with van der Waals surface area (Å²) in [5.41, 5.74) is 2.17. The summed E-state index contributed by atoms with van der Waals surface area (Å²) in [5, 5.41) is 3.88. The minimum Gasteiger partial charge on any atom is -0.493 e. The Kier molecular flexibility index (Phi) is 4.82. The number of methoxy groups -OCH3 is 3. The molecule has 152 valence electrons. The molecule has 2 N–H and O–H groups in total. The monoisotopic (exact) mass is 398 g/mol. The lowest BCUT2D eigenvalue weighted by molar-refractivity contribution is 0.0949. The highest BCUT2D eigenvalue weighted by Crippen LogP contribution is 2.50. The molecule has 1 aromatic heterocycles. The molecule has 0 radical (unpaired) electrons. The third-order valence-electron chi connectivity index (χ3n) is 5.58. The van der Waals surface area contributed by atoms with Gasteiger partial charge in [0.1, 0.15) is 5.82 Å². The molecule has 3 aromatic rings. The topological polar surface area (TPSA) is 72.6 Å². The molecule has 0 aliphatic heterocycles. The maximum absolute atomic E-state index is 13.7. The number of nitrogens with one attached hydrogen (secondary N) is 2. The summed E-state index contributed by atoms with van der Waals surface area (Å²) in [4.78, 5) is 16.0. The number of halogens is 1. The second kappa shape index (κ2) is 7.31. The summed E-state index contributed by atoms with van der Waals surface area (Å²) in [6.45, 7) is 0.464. The van der Waals surface area contributed by atoms with Gasteiger partial charge in [-0.05, 0) is 48.7 Å². The predicted octanol–water partition coefficient (Wildman–Crippen LogP) is 3.79. The van der Waals surface area contributed by atoms with Crippen molar-refractivity contribution in [1.29, 1.82) is 0 Å². The van der Waals surface area contributed by atoms with Gasteiger partial charge in [-0.2, -0.15) is 0 Å². The molecule has 6 nitrogen and oxygen atoms in total. The molecule has 7 heteroatoms. The number of carbonyl (C=O) groups is 1. The van der Waals surface area contributed by atoms with Crippen LogP contribution >= 0.6 is 0 Å². The molecule has 1 heterocycles. The molecule has 1 fully saturated rings. The predicted molar refractivity (Wildman–Crippen MR) is 108 cm³/mol. The Labute approximate surface area is 168 Å². The van der Waals surface area contributed by atoms with Crippen LogP contribution in [0.15, 0.2) is 36.5 Å². The summed E-state index contributed by atoms with van der Waals surface area (Å²) in [5.74, 6) is 0.777. The SMILES string of the molecule is COc1cc(C(=O)NCC2(c3c[nH]c4ccc(F)cc34)CC2)cc(OC)c1OC. The van der Waals surface area contributed by atoms with Crippen LogP contribution in [0.2, 0.25) is 0 Å². The number of amides is 1. The normalized spacial score (nSPS) is 14.5. The van der Waals surface area contributed by atoms with Crippen LogP contribution < -0.4 is 19.5 Å². The van der Waals surface area contributed by atoms with Crippen LogP contribution in [0.4, 0.5) is 4.39 Å². The molecule has 0 unspecified atom stereocenters. The van der Waals surface area contributed by atoms with E-state index in [1.54, 1.807) is 24.3 Å². The van der Waals surface area contributed by atoms with Crippen molar-refractivity contribution in [3.8, 4) is 17.2 Å². The molecular formula is C22H23FN2O4. The first kappa shape index (κ1) is 19.1. The summed E-state index contributed by atoms with van der Waals surface area (Å²) in [6.07, 6.45) is 3.79. The summed E-state index contributed by atoms with van der Waals surface area (Å²) in [6, 6.07) is 7.96. The van der Waals surface area contributed by atoms with Gasteiger partial charge in [-0.1, -0.05) is 0 Å². The van der Waals surface area contributed by atoms with Crippen molar-refractivity contribution in [2.24, 2.45) is 0 Å². The van der Waals surface area contributed by atoms with E-state index in [1.165, 1.54) is 27.4 Å². The first-order valence-corrected chi connectivity index (χ1v) is 9.36. The van der Waals surface area contributed by atoms with Gasteiger partial charge < -0.3 is 24.5 Å². The average Bonchev–Trinajstić information content (AvgIpc) is 3.41. The Balaban J connectivity index is 1.56. The third kappa shape index (κ3) is 3.37. The van der Waals surface area contributed by atoms with E-state index in [9.17, 15) is 9.18 Å². The van der Waals surface area contributed by atoms with Crippen molar-refractivity contribution < 1.29 is 23.4 Å². The molecule has 2 aromatic carbocycles.